The Hall–Kier alpha value is -4.22. The van der Waals surface area contributed by atoms with Gasteiger partial charge in [0.25, 0.3) is 17.7 Å². The summed E-state index contributed by atoms with van der Waals surface area (Å²) in [5.74, 6) is -2.08. The first-order valence-corrected chi connectivity index (χ1v) is 12.2. The van der Waals surface area contributed by atoms with Crippen LogP contribution in [0.1, 0.15) is 38.8 Å². The number of amidine groups is 1. The van der Waals surface area contributed by atoms with Crippen LogP contribution in [0.4, 0.5) is 5.69 Å². The second-order valence-electron chi connectivity index (χ2n) is 8.38. The molecule has 1 fully saturated rings. The quantitative estimate of drug-likeness (QED) is 0.0921. The zero-order chi connectivity index (χ0) is 29.4. The maximum Gasteiger partial charge on any atom is 0.369 e. The van der Waals surface area contributed by atoms with E-state index < -0.39 is 29.9 Å². The maximum atomic E-state index is 12.4. The highest BCUT2D eigenvalue weighted by molar-refractivity contribution is 6.45. The molecule has 0 saturated heterocycles. The molecular weight excluding hydrogens is 530 g/mol. The average Bonchev–Trinajstić information content (AvgIpc) is 3.63. The molecule has 2 amide bonds. The van der Waals surface area contributed by atoms with Crippen LogP contribution in [0.5, 0.6) is 5.75 Å². The lowest BCUT2D eigenvalue weighted by molar-refractivity contribution is -0.325. The van der Waals surface area contributed by atoms with Gasteiger partial charge in [0.05, 0.1) is 24.1 Å². The first-order chi connectivity index (χ1) is 19.0. The fourth-order valence-corrected chi connectivity index (χ4v) is 3.35. The zero-order valence-corrected chi connectivity index (χ0v) is 22.0. The Morgan fingerprint density at radius 3 is 2.52 bits per heavy atom. The number of rotatable bonds is 14. The highest BCUT2D eigenvalue weighted by Crippen LogP contribution is 2.37. The molecule has 1 heterocycles. The van der Waals surface area contributed by atoms with E-state index in [0.29, 0.717) is 31.6 Å². The lowest BCUT2D eigenvalue weighted by Gasteiger charge is -2.19. The second kappa shape index (κ2) is 13.2. The lowest BCUT2D eigenvalue weighted by Crippen LogP contribution is -2.51. The first-order valence-electron chi connectivity index (χ1n) is 12.2. The number of hydrogen-bond acceptors (Lipinski definition) is 13. The van der Waals surface area contributed by atoms with Crippen molar-refractivity contribution in [3.05, 3.63) is 35.8 Å². The van der Waals surface area contributed by atoms with Gasteiger partial charge in [0.1, 0.15) is 11.5 Å². The standard InChI is InChI=1S/C24H31N7O9/c1-4-38-23(39-5-2)19-29-22(40-31-19)13-7-6-8-14(18(13)37-3)27-15(17(26)21(33)30-24(34,35)36)11-16(25)28-20(32)12-9-10-12/h6-8,11-12,23,26-27,34-36H,4-5,9-10H2,1-3H3,(H,30,33)(H2,25,28,32)/b15-11+,26-17?. The van der Waals surface area contributed by atoms with Crippen molar-refractivity contribution in [2.75, 3.05) is 25.6 Å². The first kappa shape index (κ1) is 30.3. The molecule has 0 bridgehead atoms. The van der Waals surface area contributed by atoms with Gasteiger partial charge in [0.15, 0.2) is 5.75 Å². The molecule has 0 unspecified atom stereocenters. The van der Waals surface area contributed by atoms with Gasteiger partial charge in [-0.1, -0.05) is 11.2 Å². The molecule has 216 valence electrons. The van der Waals surface area contributed by atoms with Gasteiger partial charge in [-0.25, -0.2) is 0 Å². The fraction of sp³-hybridized carbons (Fsp3) is 0.417. The van der Waals surface area contributed by atoms with Crippen LogP contribution in [-0.4, -0.2) is 75.2 Å². The van der Waals surface area contributed by atoms with Crippen molar-refractivity contribution in [2.45, 2.75) is 39.1 Å². The Labute approximate surface area is 228 Å². The highest BCUT2D eigenvalue weighted by Gasteiger charge is 2.30. The minimum atomic E-state index is -3.59. The Kier molecular flexibility index (Phi) is 10.0. The number of anilines is 1. The van der Waals surface area contributed by atoms with Crippen LogP contribution < -0.4 is 21.1 Å². The molecule has 1 aliphatic rings. The third-order valence-corrected chi connectivity index (χ3v) is 5.24. The molecule has 2 aromatic rings. The molecule has 16 heteroatoms. The van der Waals surface area contributed by atoms with Crippen molar-refractivity contribution in [3.63, 3.8) is 0 Å². The van der Waals surface area contributed by atoms with E-state index in [1.165, 1.54) is 18.5 Å². The molecule has 0 radical (unpaired) electrons. The number of nitrogens with zero attached hydrogens (tertiary/aromatic N) is 3. The van der Waals surface area contributed by atoms with Gasteiger partial charge >= 0.3 is 6.10 Å². The number of carbonyl (C=O) groups is 2. The van der Waals surface area contributed by atoms with Crippen molar-refractivity contribution in [2.24, 2.45) is 16.6 Å². The van der Waals surface area contributed by atoms with Crippen LogP contribution >= 0.6 is 0 Å². The van der Waals surface area contributed by atoms with Crippen LogP contribution in [0.25, 0.3) is 11.5 Å². The van der Waals surface area contributed by atoms with Crippen LogP contribution in [0.15, 0.2) is 39.5 Å². The summed E-state index contributed by atoms with van der Waals surface area (Å²) in [5.41, 5.74) is 5.15. The van der Waals surface area contributed by atoms with E-state index in [2.05, 4.69) is 20.4 Å². The van der Waals surface area contributed by atoms with Gasteiger partial charge in [-0.3, -0.25) is 20.3 Å². The predicted octanol–water partition coefficient (Wildman–Crippen LogP) is 0.131. The fourth-order valence-electron chi connectivity index (χ4n) is 3.35. The smallest absolute Gasteiger partial charge is 0.369 e. The molecule has 0 aliphatic heterocycles. The number of amides is 2. The van der Waals surface area contributed by atoms with Crippen LogP contribution in [0.3, 0.4) is 0 Å². The number of aromatic nitrogens is 2. The Balaban J connectivity index is 1.99. The number of ether oxygens (including phenoxy) is 3. The van der Waals surface area contributed by atoms with E-state index in [1.54, 1.807) is 26.0 Å². The molecule has 3 rings (SSSR count). The number of para-hydroxylation sites is 1. The summed E-state index contributed by atoms with van der Waals surface area (Å²) in [7, 11) is 1.35. The molecule has 16 nitrogen and oxygen atoms in total. The van der Waals surface area contributed by atoms with Crippen molar-refractivity contribution in [3.8, 4) is 17.2 Å². The van der Waals surface area contributed by atoms with Crippen molar-refractivity contribution < 1.29 is 43.6 Å². The number of aliphatic hydroxyl groups is 3. The molecule has 1 saturated carbocycles. The Morgan fingerprint density at radius 1 is 1.27 bits per heavy atom. The number of benzene rings is 1. The van der Waals surface area contributed by atoms with Gasteiger partial charge in [0, 0.05) is 25.2 Å². The predicted molar refractivity (Wildman–Crippen MR) is 139 cm³/mol. The van der Waals surface area contributed by atoms with E-state index in [0.717, 1.165) is 6.08 Å². The SMILES string of the molecule is CCOC(OCC)c1noc(-c2cccc(N/C(=C/C(N)=NC(=O)C3CC3)C(=N)C(=O)NC(O)(O)O)c2OC)n1. The molecule has 0 spiro atoms. The molecule has 1 aromatic heterocycles. The second-order valence-corrected chi connectivity index (χ2v) is 8.38. The summed E-state index contributed by atoms with van der Waals surface area (Å²) in [5, 5.41) is 43.7. The van der Waals surface area contributed by atoms with E-state index in [4.69, 9.17) is 45.2 Å². The van der Waals surface area contributed by atoms with Crippen molar-refractivity contribution >= 4 is 29.0 Å². The number of carbonyl (C=O) groups excluding carboxylic acids is 2. The minimum Gasteiger partial charge on any atom is -0.494 e. The van der Waals surface area contributed by atoms with Crippen molar-refractivity contribution in [1.29, 1.82) is 5.41 Å². The van der Waals surface area contributed by atoms with Crippen LogP contribution in [-0.2, 0) is 19.1 Å². The van der Waals surface area contributed by atoms with E-state index in [9.17, 15) is 9.59 Å². The topological polar surface area (TPSA) is 248 Å². The molecule has 1 aromatic carbocycles. The summed E-state index contributed by atoms with van der Waals surface area (Å²) < 4.78 is 21.9. The summed E-state index contributed by atoms with van der Waals surface area (Å²) in [4.78, 5) is 32.6. The van der Waals surface area contributed by atoms with Crippen LogP contribution in [0, 0.1) is 11.3 Å². The zero-order valence-electron chi connectivity index (χ0n) is 22.0. The van der Waals surface area contributed by atoms with Gasteiger partial charge in [-0.15, -0.1) is 0 Å². The van der Waals surface area contributed by atoms with Crippen molar-refractivity contribution in [1.82, 2.24) is 15.5 Å². The summed E-state index contributed by atoms with van der Waals surface area (Å²) in [6.07, 6.45) is -2.05. The molecule has 0 atom stereocenters. The number of hydrogen-bond donors (Lipinski definition) is 7. The molecular formula is C24H31N7O9. The van der Waals surface area contributed by atoms with Gasteiger partial charge < -0.3 is 45.1 Å². The van der Waals surface area contributed by atoms with E-state index in [1.807, 2.05) is 0 Å². The number of aliphatic imine (C=N–C) groups is 1. The minimum absolute atomic E-state index is 0.0417. The summed E-state index contributed by atoms with van der Waals surface area (Å²) >= 11 is 0. The van der Waals surface area contributed by atoms with Gasteiger partial charge in [0.2, 0.25) is 12.1 Å². The molecule has 1 aliphatic carbocycles. The third-order valence-electron chi connectivity index (χ3n) is 5.24. The number of methoxy groups -OCH3 is 1. The maximum absolute atomic E-state index is 12.4. The molecule has 40 heavy (non-hydrogen) atoms. The van der Waals surface area contributed by atoms with E-state index >= 15 is 0 Å². The summed E-state index contributed by atoms with van der Waals surface area (Å²) in [6.45, 7) is 4.26. The normalized spacial score (nSPS) is 14.3. The number of nitrogens with one attached hydrogen (secondary N) is 3. The Morgan fingerprint density at radius 2 is 1.95 bits per heavy atom. The monoisotopic (exact) mass is 561 g/mol. The average molecular weight is 562 g/mol. The summed E-state index contributed by atoms with van der Waals surface area (Å²) in [6, 6.07) is 4.72. The van der Waals surface area contributed by atoms with Gasteiger partial charge in [-0.2, -0.15) is 9.98 Å². The van der Waals surface area contributed by atoms with Gasteiger partial charge in [-0.05, 0) is 38.8 Å². The highest BCUT2D eigenvalue weighted by atomic mass is 16.7. The largest absolute Gasteiger partial charge is 0.494 e. The number of nitrogens with two attached hydrogens (primary N) is 1. The third kappa shape index (κ3) is 8.14. The lowest BCUT2D eigenvalue weighted by atomic mass is 10.1. The molecule has 8 N–H and O–H groups in total. The Bertz CT molecular complexity index is 1290. The van der Waals surface area contributed by atoms with Crippen LogP contribution in [0.2, 0.25) is 0 Å². The van der Waals surface area contributed by atoms with E-state index in [-0.39, 0.29) is 40.6 Å².